The molecule has 118 valence electrons. The van der Waals surface area contributed by atoms with Gasteiger partial charge in [0.05, 0.1) is 5.56 Å². The Labute approximate surface area is 141 Å². The molecule has 0 aliphatic heterocycles. The van der Waals surface area contributed by atoms with Gasteiger partial charge >= 0.3 is 6.18 Å². The molecule has 0 unspecified atom stereocenters. The summed E-state index contributed by atoms with van der Waals surface area (Å²) in [6, 6.07) is 4.56. The van der Waals surface area contributed by atoms with Crippen molar-refractivity contribution in [2.45, 2.75) is 25.8 Å². The zero-order valence-electron chi connectivity index (χ0n) is 13.4. The normalized spacial score (nSPS) is 9.25. The molecule has 24 heavy (non-hydrogen) atoms. The summed E-state index contributed by atoms with van der Waals surface area (Å²) in [5.41, 5.74) is 2.83. The summed E-state index contributed by atoms with van der Waals surface area (Å²) in [6.45, 7) is 6.36. The van der Waals surface area contributed by atoms with Crippen molar-refractivity contribution in [1.82, 2.24) is 0 Å². The summed E-state index contributed by atoms with van der Waals surface area (Å²) in [6.07, 6.45) is -4.35. The van der Waals surface area contributed by atoms with E-state index in [-0.39, 0.29) is 0 Å². The second-order valence-corrected chi connectivity index (χ2v) is 10.3. The first kappa shape index (κ1) is 19.1. The zero-order chi connectivity index (χ0) is 18.1. The van der Waals surface area contributed by atoms with E-state index in [0.29, 0.717) is 5.56 Å². The van der Waals surface area contributed by atoms with E-state index >= 15 is 0 Å². The zero-order valence-corrected chi connectivity index (χ0v) is 14.4. The van der Waals surface area contributed by atoms with Gasteiger partial charge in [-0.3, -0.25) is 0 Å². The van der Waals surface area contributed by atoms with Gasteiger partial charge in [0.25, 0.3) is 0 Å². The number of benzene rings is 1. The van der Waals surface area contributed by atoms with Crippen molar-refractivity contribution >= 4 is 8.07 Å². The van der Waals surface area contributed by atoms with Gasteiger partial charge in [-0.25, -0.2) is 0 Å². The molecule has 1 aromatic rings. The smallest absolute Gasteiger partial charge is 0.166 e. The third kappa shape index (κ3) is 8.46. The molecule has 1 aromatic carbocycles. The molecule has 4 heteroatoms. The molecule has 0 saturated heterocycles. The van der Waals surface area contributed by atoms with Gasteiger partial charge in [-0.2, -0.15) is 13.2 Å². The van der Waals surface area contributed by atoms with Crippen LogP contribution < -0.4 is 0 Å². The van der Waals surface area contributed by atoms with Crippen LogP contribution in [0.5, 0.6) is 0 Å². The number of rotatable bonds is 0. The summed E-state index contributed by atoms with van der Waals surface area (Å²) in [5, 5.41) is 0. The van der Waals surface area contributed by atoms with Gasteiger partial charge < -0.3 is 0 Å². The van der Waals surface area contributed by atoms with Gasteiger partial charge in [0, 0.05) is 5.56 Å². The highest BCUT2D eigenvalue weighted by Crippen LogP contribution is 2.28. The standard InChI is InChI=1S/C20H13F3Si/c1-24(2,3)17-11-9-7-5-4-6-8-10-12-18-13-15-19(16-14-18)20(21,22)23/h13-16H,1-3H3. The van der Waals surface area contributed by atoms with E-state index in [4.69, 9.17) is 0 Å². The monoisotopic (exact) mass is 338 g/mol. The minimum absolute atomic E-state index is 0.451. The number of hydrogen-bond donors (Lipinski definition) is 0. The molecule has 0 heterocycles. The van der Waals surface area contributed by atoms with E-state index in [1.54, 1.807) is 0 Å². The second-order valence-electron chi connectivity index (χ2n) is 5.58. The highest BCUT2D eigenvalue weighted by Gasteiger charge is 2.29. The van der Waals surface area contributed by atoms with Gasteiger partial charge in [0.1, 0.15) is 8.07 Å². The maximum Gasteiger partial charge on any atom is 0.416 e. The third-order valence-electron chi connectivity index (χ3n) is 2.29. The fourth-order valence-electron chi connectivity index (χ4n) is 1.25. The Morgan fingerprint density at radius 1 is 0.708 bits per heavy atom. The second kappa shape index (κ2) is 8.60. The van der Waals surface area contributed by atoms with Gasteiger partial charge in [0.2, 0.25) is 0 Å². The van der Waals surface area contributed by atoms with Crippen LogP contribution in [-0.2, 0) is 6.18 Å². The molecule has 0 spiro atoms. The first-order chi connectivity index (χ1) is 11.2. The molecule has 0 radical (unpaired) electrons. The summed E-state index contributed by atoms with van der Waals surface area (Å²) in [5.74, 6) is 23.1. The maximum absolute atomic E-state index is 12.4. The Morgan fingerprint density at radius 3 is 1.62 bits per heavy atom. The van der Waals surface area contributed by atoms with Crippen LogP contribution in [0.15, 0.2) is 24.3 Å². The Balaban J connectivity index is 2.63. The van der Waals surface area contributed by atoms with Crippen LogP contribution in [0.3, 0.4) is 0 Å². The lowest BCUT2D eigenvalue weighted by molar-refractivity contribution is -0.137. The van der Waals surface area contributed by atoms with Crippen molar-refractivity contribution in [3.05, 3.63) is 35.4 Å². The molecule has 0 aromatic heterocycles. The number of halogens is 3. The lowest BCUT2D eigenvalue weighted by Crippen LogP contribution is -2.16. The lowest BCUT2D eigenvalue weighted by Gasteiger charge is -2.05. The highest BCUT2D eigenvalue weighted by atomic mass is 28.3. The van der Waals surface area contributed by atoms with Crippen LogP contribution in [-0.4, -0.2) is 8.07 Å². The minimum Gasteiger partial charge on any atom is -0.166 e. The van der Waals surface area contributed by atoms with Crippen molar-refractivity contribution in [3.8, 4) is 58.8 Å². The van der Waals surface area contributed by atoms with E-state index in [9.17, 15) is 13.2 Å². The Kier molecular flexibility index (Phi) is 6.84. The van der Waals surface area contributed by atoms with Crippen molar-refractivity contribution in [2.75, 3.05) is 0 Å². The molecular weight excluding hydrogens is 325 g/mol. The molecular formula is C20H13F3Si. The van der Waals surface area contributed by atoms with E-state index in [1.807, 2.05) is 0 Å². The highest BCUT2D eigenvalue weighted by molar-refractivity contribution is 6.83. The SMILES string of the molecule is C[Si](C)(C)C#CC#CC#CC#CC#Cc1ccc(C(F)(F)F)cc1. The molecule has 0 N–H and O–H groups in total. The predicted molar refractivity (Wildman–Crippen MR) is 92.8 cm³/mol. The summed E-state index contributed by atoms with van der Waals surface area (Å²) in [4.78, 5) is 0. The maximum atomic E-state index is 12.4. The molecule has 0 nitrogen and oxygen atoms in total. The van der Waals surface area contributed by atoms with Crippen molar-refractivity contribution in [3.63, 3.8) is 0 Å². The van der Waals surface area contributed by atoms with Crippen LogP contribution in [0.4, 0.5) is 13.2 Å². The van der Waals surface area contributed by atoms with E-state index in [2.05, 4.69) is 78.5 Å². The van der Waals surface area contributed by atoms with Crippen molar-refractivity contribution in [1.29, 1.82) is 0 Å². The Hall–Kier alpha value is -2.97. The van der Waals surface area contributed by atoms with E-state index in [1.165, 1.54) is 12.1 Å². The molecule has 0 atom stereocenters. The molecule has 1 rings (SSSR count). The van der Waals surface area contributed by atoms with Crippen LogP contribution in [0.2, 0.25) is 19.6 Å². The molecule has 0 fully saturated rings. The number of alkyl halides is 3. The van der Waals surface area contributed by atoms with E-state index in [0.717, 1.165) is 12.1 Å². The Morgan fingerprint density at radius 2 is 1.17 bits per heavy atom. The van der Waals surface area contributed by atoms with Gasteiger partial charge in [-0.1, -0.05) is 25.6 Å². The van der Waals surface area contributed by atoms with Crippen molar-refractivity contribution < 1.29 is 13.2 Å². The van der Waals surface area contributed by atoms with Crippen LogP contribution >= 0.6 is 0 Å². The Bertz CT molecular complexity index is 887. The summed E-state index contributed by atoms with van der Waals surface area (Å²) in [7, 11) is -1.41. The topological polar surface area (TPSA) is 0 Å². The van der Waals surface area contributed by atoms with Gasteiger partial charge in [0.15, 0.2) is 0 Å². The largest absolute Gasteiger partial charge is 0.416 e. The number of hydrogen-bond acceptors (Lipinski definition) is 0. The summed E-state index contributed by atoms with van der Waals surface area (Å²) >= 11 is 0. The minimum atomic E-state index is -4.35. The summed E-state index contributed by atoms with van der Waals surface area (Å²) < 4.78 is 37.2. The van der Waals surface area contributed by atoms with Crippen LogP contribution in [0, 0.1) is 58.8 Å². The predicted octanol–water partition coefficient (Wildman–Crippen LogP) is 3.95. The van der Waals surface area contributed by atoms with Gasteiger partial charge in [-0.05, 0) is 71.6 Å². The quantitative estimate of drug-likeness (QED) is 0.496. The molecule has 0 saturated carbocycles. The fraction of sp³-hybridized carbons (Fsp3) is 0.200. The van der Waals surface area contributed by atoms with Gasteiger partial charge in [-0.15, -0.1) is 5.54 Å². The fourth-order valence-corrected chi connectivity index (χ4v) is 1.69. The average Bonchev–Trinajstić information content (AvgIpc) is 2.47. The first-order valence-corrected chi connectivity index (χ1v) is 10.4. The molecule has 0 amide bonds. The molecule has 0 aliphatic carbocycles. The molecule has 0 bridgehead atoms. The van der Waals surface area contributed by atoms with Crippen LogP contribution in [0.25, 0.3) is 0 Å². The average molecular weight is 338 g/mol. The van der Waals surface area contributed by atoms with Crippen LogP contribution in [0.1, 0.15) is 11.1 Å². The van der Waals surface area contributed by atoms with E-state index < -0.39 is 19.8 Å². The third-order valence-corrected chi connectivity index (χ3v) is 3.17. The lowest BCUT2D eigenvalue weighted by atomic mass is 10.1. The first-order valence-electron chi connectivity index (χ1n) is 6.89. The molecule has 0 aliphatic rings. The van der Waals surface area contributed by atoms with Crippen molar-refractivity contribution in [2.24, 2.45) is 0 Å².